The number of hydrogen-bond donors (Lipinski definition) is 1. The number of rotatable bonds is 3. The standard InChI is InChI=1S/C17H25NO2S/c19-13-14-6-4-10-18(12-14)16(20)17(8-2-1-3-9-17)15-7-5-11-21-15/h5,7,11,14,19H,1-4,6,8-10,12-13H2. The summed E-state index contributed by atoms with van der Waals surface area (Å²) in [6, 6.07) is 4.21. The zero-order chi connectivity index (χ0) is 14.7. The van der Waals surface area contributed by atoms with E-state index in [0.29, 0.717) is 5.91 Å². The van der Waals surface area contributed by atoms with Crippen LogP contribution in [0.15, 0.2) is 17.5 Å². The van der Waals surface area contributed by atoms with E-state index in [1.54, 1.807) is 11.3 Å². The van der Waals surface area contributed by atoms with Gasteiger partial charge in [-0.25, -0.2) is 0 Å². The largest absolute Gasteiger partial charge is 0.396 e. The molecule has 1 saturated heterocycles. The van der Waals surface area contributed by atoms with Gasteiger partial charge < -0.3 is 10.0 Å². The third kappa shape index (κ3) is 2.88. The number of nitrogens with zero attached hydrogens (tertiary/aromatic N) is 1. The molecule has 1 atom stereocenters. The molecule has 0 radical (unpaired) electrons. The first kappa shape index (κ1) is 15.0. The summed E-state index contributed by atoms with van der Waals surface area (Å²) < 4.78 is 0. The molecule has 4 heteroatoms. The number of carbonyl (C=O) groups excluding carboxylic acids is 1. The summed E-state index contributed by atoms with van der Waals surface area (Å²) in [6.45, 7) is 1.81. The summed E-state index contributed by atoms with van der Waals surface area (Å²) >= 11 is 1.73. The minimum Gasteiger partial charge on any atom is -0.396 e. The molecule has 3 nitrogen and oxygen atoms in total. The third-order valence-electron chi connectivity index (χ3n) is 5.17. The predicted molar refractivity (Wildman–Crippen MR) is 85.5 cm³/mol. The summed E-state index contributed by atoms with van der Waals surface area (Å²) in [7, 11) is 0. The molecule has 1 aromatic rings. The Balaban J connectivity index is 1.84. The lowest BCUT2D eigenvalue weighted by Crippen LogP contribution is -2.51. The van der Waals surface area contributed by atoms with Gasteiger partial charge in [-0.05, 0) is 43.0 Å². The summed E-state index contributed by atoms with van der Waals surface area (Å²) in [5, 5.41) is 11.5. The number of aliphatic hydroxyl groups excluding tert-OH is 1. The van der Waals surface area contributed by atoms with Gasteiger partial charge in [-0.15, -0.1) is 11.3 Å². The maximum atomic E-state index is 13.3. The Morgan fingerprint density at radius 2 is 2.14 bits per heavy atom. The van der Waals surface area contributed by atoms with Gasteiger partial charge in [0.2, 0.25) is 5.91 Å². The molecule has 2 heterocycles. The van der Waals surface area contributed by atoms with Crippen LogP contribution in [0.3, 0.4) is 0 Å². The normalized spacial score (nSPS) is 25.8. The highest BCUT2D eigenvalue weighted by molar-refractivity contribution is 7.10. The Morgan fingerprint density at radius 1 is 1.33 bits per heavy atom. The molecule has 0 aromatic carbocycles. The topological polar surface area (TPSA) is 40.5 Å². The van der Waals surface area contributed by atoms with Crippen LogP contribution in [0.5, 0.6) is 0 Å². The Hall–Kier alpha value is -0.870. The number of aliphatic hydroxyl groups is 1. The molecular weight excluding hydrogens is 282 g/mol. The second-order valence-electron chi connectivity index (χ2n) is 6.56. The molecule has 1 aliphatic heterocycles. The number of thiophene rings is 1. The van der Waals surface area contributed by atoms with E-state index in [2.05, 4.69) is 17.5 Å². The molecule has 116 valence electrons. The molecule has 2 fully saturated rings. The molecule has 1 saturated carbocycles. The predicted octanol–water partition coefficient (Wildman–Crippen LogP) is 3.18. The SMILES string of the molecule is O=C(N1CCCC(CO)C1)C1(c2cccs2)CCCCC1. The van der Waals surface area contributed by atoms with E-state index in [0.717, 1.165) is 51.6 Å². The fraction of sp³-hybridized carbons (Fsp3) is 0.706. The van der Waals surface area contributed by atoms with Crippen molar-refractivity contribution in [1.82, 2.24) is 4.90 Å². The van der Waals surface area contributed by atoms with Crippen LogP contribution in [0.2, 0.25) is 0 Å². The van der Waals surface area contributed by atoms with Crippen LogP contribution >= 0.6 is 11.3 Å². The average molecular weight is 307 g/mol. The summed E-state index contributed by atoms with van der Waals surface area (Å²) in [5.41, 5.74) is -0.274. The fourth-order valence-corrected chi connectivity index (χ4v) is 4.95. The molecule has 2 aliphatic rings. The number of likely N-dealkylation sites (tertiary alicyclic amines) is 1. The Labute approximate surface area is 131 Å². The van der Waals surface area contributed by atoms with Crippen molar-refractivity contribution in [3.63, 3.8) is 0 Å². The average Bonchev–Trinajstić information content (AvgIpc) is 3.10. The van der Waals surface area contributed by atoms with Gasteiger partial charge in [0.15, 0.2) is 0 Å². The van der Waals surface area contributed by atoms with Crippen LogP contribution in [0, 0.1) is 5.92 Å². The number of hydrogen-bond acceptors (Lipinski definition) is 3. The molecule has 1 N–H and O–H groups in total. The maximum absolute atomic E-state index is 13.3. The first-order valence-electron chi connectivity index (χ1n) is 8.20. The van der Waals surface area contributed by atoms with E-state index in [1.165, 1.54) is 11.3 Å². The van der Waals surface area contributed by atoms with E-state index >= 15 is 0 Å². The highest BCUT2D eigenvalue weighted by atomic mass is 32.1. The quantitative estimate of drug-likeness (QED) is 0.931. The van der Waals surface area contributed by atoms with Crippen LogP contribution in [-0.2, 0) is 10.2 Å². The van der Waals surface area contributed by atoms with Gasteiger partial charge in [0.25, 0.3) is 0 Å². The fourth-order valence-electron chi connectivity index (χ4n) is 3.97. The van der Waals surface area contributed by atoms with Crippen molar-refractivity contribution in [3.05, 3.63) is 22.4 Å². The van der Waals surface area contributed by atoms with Gasteiger partial charge in [0.05, 0.1) is 5.41 Å². The Kier molecular flexibility index (Phi) is 4.65. The molecular formula is C17H25NO2S. The summed E-state index contributed by atoms with van der Waals surface area (Å²) in [6.07, 6.45) is 7.62. The Morgan fingerprint density at radius 3 is 2.81 bits per heavy atom. The Bertz CT molecular complexity index is 465. The van der Waals surface area contributed by atoms with Gasteiger partial charge in [-0.3, -0.25) is 4.79 Å². The second kappa shape index (κ2) is 6.49. The van der Waals surface area contributed by atoms with Gasteiger partial charge >= 0.3 is 0 Å². The minimum atomic E-state index is -0.274. The van der Waals surface area contributed by atoms with Gasteiger partial charge in [-0.1, -0.05) is 25.3 Å². The number of amides is 1. The molecule has 21 heavy (non-hydrogen) atoms. The maximum Gasteiger partial charge on any atom is 0.234 e. The monoisotopic (exact) mass is 307 g/mol. The summed E-state index contributed by atoms with van der Waals surface area (Å²) in [5.74, 6) is 0.592. The van der Waals surface area contributed by atoms with E-state index in [9.17, 15) is 9.90 Å². The van der Waals surface area contributed by atoms with Crippen molar-refractivity contribution < 1.29 is 9.90 Å². The number of piperidine rings is 1. The van der Waals surface area contributed by atoms with E-state index in [-0.39, 0.29) is 17.9 Å². The molecule has 1 aliphatic carbocycles. The highest BCUT2D eigenvalue weighted by Crippen LogP contribution is 2.43. The lowest BCUT2D eigenvalue weighted by atomic mass is 9.71. The van der Waals surface area contributed by atoms with Gasteiger partial charge in [-0.2, -0.15) is 0 Å². The van der Waals surface area contributed by atoms with Crippen molar-refractivity contribution >= 4 is 17.2 Å². The van der Waals surface area contributed by atoms with Crippen molar-refractivity contribution in [1.29, 1.82) is 0 Å². The van der Waals surface area contributed by atoms with Crippen molar-refractivity contribution in [3.8, 4) is 0 Å². The van der Waals surface area contributed by atoms with Gasteiger partial charge in [0.1, 0.15) is 0 Å². The lowest BCUT2D eigenvalue weighted by Gasteiger charge is -2.42. The molecule has 0 spiro atoms. The number of carbonyl (C=O) groups is 1. The first-order chi connectivity index (χ1) is 10.3. The zero-order valence-electron chi connectivity index (χ0n) is 12.6. The molecule has 0 bridgehead atoms. The molecule has 3 rings (SSSR count). The van der Waals surface area contributed by atoms with Crippen LogP contribution in [0.4, 0.5) is 0 Å². The van der Waals surface area contributed by atoms with Crippen molar-refractivity contribution in [2.24, 2.45) is 5.92 Å². The molecule has 1 unspecified atom stereocenters. The van der Waals surface area contributed by atoms with Crippen LogP contribution in [0.25, 0.3) is 0 Å². The first-order valence-corrected chi connectivity index (χ1v) is 9.08. The highest BCUT2D eigenvalue weighted by Gasteiger charge is 2.44. The van der Waals surface area contributed by atoms with Crippen LogP contribution in [-0.4, -0.2) is 35.6 Å². The van der Waals surface area contributed by atoms with Gasteiger partial charge in [0, 0.05) is 24.6 Å². The van der Waals surface area contributed by atoms with Crippen molar-refractivity contribution in [2.75, 3.05) is 19.7 Å². The molecule has 1 amide bonds. The van der Waals surface area contributed by atoms with Crippen LogP contribution in [0.1, 0.15) is 49.8 Å². The molecule has 1 aromatic heterocycles. The summed E-state index contributed by atoms with van der Waals surface area (Å²) in [4.78, 5) is 16.6. The zero-order valence-corrected chi connectivity index (χ0v) is 13.4. The smallest absolute Gasteiger partial charge is 0.234 e. The second-order valence-corrected chi connectivity index (χ2v) is 7.51. The van der Waals surface area contributed by atoms with Crippen LogP contribution < -0.4 is 0 Å². The minimum absolute atomic E-state index is 0.204. The van der Waals surface area contributed by atoms with E-state index < -0.39 is 0 Å². The third-order valence-corrected chi connectivity index (χ3v) is 6.25. The van der Waals surface area contributed by atoms with Crippen molar-refractivity contribution in [2.45, 2.75) is 50.4 Å². The van der Waals surface area contributed by atoms with E-state index in [1.807, 2.05) is 4.90 Å². The van der Waals surface area contributed by atoms with E-state index in [4.69, 9.17) is 0 Å². The lowest BCUT2D eigenvalue weighted by molar-refractivity contribution is -0.141.